The van der Waals surface area contributed by atoms with E-state index in [-0.39, 0.29) is 22.1 Å². The molecule has 2 aromatic rings. The van der Waals surface area contributed by atoms with Gasteiger partial charge < -0.3 is 14.5 Å². The Balaban J connectivity index is 1.56. The van der Waals surface area contributed by atoms with Crippen LogP contribution in [-0.4, -0.2) is 73.7 Å². The molecular weight excluding hydrogens is 396 g/mol. The third kappa shape index (κ3) is 4.89. The number of anilines is 1. The molecule has 1 saturated heterocycles. The molecule has 0 bridgehead atoms. The highest BCUT2D eigenvalue weighted by Gasteiger charge is 2.25. The van der Waals surface area contributed by atoms with Crippen molar-refractivity contribution in [3.63, 3.8) is 0 Å². The number of carbonyl (C=O) groups excluding carboxylic acids is 2. The average molecular weight is 418 g/mol. The van der Waals surface area contributed by atoms with Gasteiger partial charge in [0.1, 0.15) is 0 Å². The molecule has 0 spiro atoms. The van der Waals surface area contributed by atoms with Crippen LogP contribution in [0.2, 0.25) is 0 Å². The first-order valence-electron chi connectivity index (χ1n) is 9.21. The smallest absolute Gasteiger partial charge is 0.339 e. The van der Waals surface area contributed by atoms with Gasteiger partial charge in [0.05, 0.1) is 16.2 Å². The number of amides is 1. The summed E-state index contributed by atoms with van der Waals surface area (Å²) in [6.07, 6.45) is 3.33. The zero-order chi connectivity index (χ0) is 20.9. The number of carbonyl (C=O) groups is 2. The van der Waals surface area contributed by atoms with Crippen molar-refractivity contribution in [1.29, 1.82) is 0 Å². The van der Waals surface area contributed by atoms with E-state index >= 15 is 0 Å². The summed E-state index contributed by atoms with van der Waals surface area (Å²) >= 11 is 0. The minimum atomic E-state index is -3.58. The van der Waals surface area contributed by atoms with Crippen LogP contribution in [-0.2, 0) is 19.4 Å². The highest BCUT2D eigenvalue weighted by Crippen LogP contribution is 2.18. The standard InChI is InChI=1S/C19H22N4O5S/c1-2-29(26,27)16-7-4-3-6-15(16)18(25)28-14-17(24)22-10-12-23(13-11-22)19-20-8-5-9-21-19/h3-9H,2,10-14H2,1H3. The van der Waals surface area contributed by atoms with Crippen LogP contribution in [0.1, 0.15) is 17.3 Å². The molecular formula is C19H22N4O5S. The molecule has 1 aromatic carbocycles. The van der Waals surface area contributed by atoms with Crippen LogP contribution < -0.4 is 4.90 Å². The van der Waals surface area contributed by atoms with Gasteiger partial charge in [0, 0.05) is 38.6 Å². The van der Waals surface area contributed by atoms with Gasteiger partial charge >= 0.3 is 5.97 Å². The Morgan fingerprint density at radius 3 is 2.34 bits per heavy atom. The zero-order valence-electron chi connectivity index (χ0n) is 16.0. The fourth-order valence-electron chi connectivity index (χ4n) is 2.97. The molecule has 2 heterocycles. The van der Waals surface area contributed by atoms with E-state index in [0.29, 0.717) is 32.1 Å². The second-order valence-electron chi connectivity index (χ2n) is 6.39. The lowest BCUT2D eigenvalue weighted by atomic mass is 10.2. The third-order valence-corrected chi connectivity index (χ3v) is 6.40. The Morgan fingerprint density at radius 2 is 1.69 bits per heavy atom. The van der Waals surface area contributed by atoms with Crippen LogP contribution in [0.3, 0.4) is 0 Å². The molecule has 1 fully saturated rings. The van der Waals surface area contributed by atoms with Gasteiger partial charge in [0.25, 0.3) is 5.91 Å². The molecule has 154 valence electrons. The molecule has 1 amide bonds. The summed E-state index contributed by atoms with van der Waals surface area (Å²) in [5, 5.41) is 0. The Kier molecular flexibility index (Phi) is 6.42. The van der Waals surface area contributed by atoms with Gasteiger partial charge in [-0.05, 0) is 18.2 Å². The van der Waals surface area contributed by atoms with Crippen LogP contribution in [0.4, 0.5) is 5.95 Å². The third-order valence-electron chi connectivity index (χ3n) is 4.62. The van der Waals surface area contributed by atoms with Crippen LogP contribution in [0.15, 0.2) is 47.6 Å². The summed E-state index contributed by atoms with van der Waals surface area (Å²) in [5.41, 5.74) is -0.0619. The normalized spacial score (nSPS) is 14.5. The quantitative estimate of drug-likeness (QED) is 0.633. The molecule has 10 heteroatoms. The van der Waals surface area contributed by atoms with Crippen molar-refractivity contribution < 1.29 is 22.7 Å². The van der Waals surface area contributed by atoms with Gasteiger partial charge in [-0.2, -0.15) is 0 Å². The first kappa shape index (κ1) is 20.7. The van der Waals surface area contributed by atoms with E-state index in [1.54, 1.807) is 35.5 Å². The van der Waals surface area contributed by atoms with Crippen molar-refractivity contribution in [2.75, 3.05) is 43.4 Å². The number of hydrogen-bond acceptors (Lipinski definition) is 8. The topological polar surface area (TPSA) is 110 Å². The van der Waals surface area contributed by atoms with Crippen molar-refractivity contribution in [3.05, 3.63) is 48.3 Å². The minimum Gasteiger partial charge on any atom is -0.452 e. The number of piperazine rings is 1. The number of sulfone groups is 1. The predicted molar refractivity (Wildman–Crippen MR) is 105 cm³/mol. The van der Waals surface area contributed by atoms with Crippen molar-refractivity contribution in [3.8, 4) is 0 Å². The van der Waals surface area contributed by atoms with Gasteiger partial charge in [-0.25, -0.2) is 23.2 Å². The van der Waals surface area contributed by atoms with E-state index in [2.05, 4.69) is 9.97 Å². The zero-order valence-corrected chi connectivity index (χ0v) is 16.8. The van der Waals surface area contributed by atoms with Gasteiger partial charge in [0.15, 0.2) is 16.4 Å². The summed E-state index contributed by atoms with van der Waals surface area (Å²) in [6, 6.07) is 7.58. The molecule has 0 saturated carbocycles. The molecule has 0 atom stereocenters. The first-order valence-corrected chi connectivity index (χ1v) is 10.9. The van der Waals surface area contributed by atoms with E-state index in [1.807, 2.05) is 4.90 Å². The molecule has 0 radical (unpaired) electrons. The van der Waals surface area contributed by atoms with E-state index < -0.39 is 22.4 Å². The Morgan fingerprint density at radius 1 is 1.03 bits per heavy atom. The van der Waals surface area contributed by atoms with E-state index in [0.717, 1.165) is 0 Å². The fourth-order valence-corrected chi connectivity index (χ4v) is 4.05. The molecule has 0 aliphatic carbocycles. The Hall–Kier alpha value is -3.01. The highest BCUT2D eigenvalue weighted by atomic mass is 32.2. The summed E-state index contributed by atoms with van der Waals surface area (Å²) < 4.78 is 29.4. The van der Waals surface area contributed by atoms with Gasteiger partial charge in [0.2, 0.25) is 5.95 Å². The van der Waals surface area contributed by atoms with Crippen molar-refractivity contribution in [2.24, 2.45) is 0 Å². The lowest BCUT2D eigenvalue weighted by Gasteiger charge is -2.34. The molecule has 9 nitrogen and oxygen atoms in total. The molecule has 1 aliphatic rings. The first-order chi connectivity index (χ1) is 13.9. The predicted octanol–water partition coefficient (Wildman–Crippen LogP) is 0.776. The second kappa shape index (κ2) is 8.99. The molecule has 0 N–H and O–H groups in total. The van der Waals surface area contributed by atoms with Gasteiger partial charge in [-0.1, -0.05) is 19.1 Å². The van der Waals surface area contributed by atoms with Crippen LogP contribution in [0.5, 0.6) is 0 Å². The molecule has 1 aromatic heterocycles. The molecule has 3 rings (SSSR count). The largest absolute Gasteiger partial charge is 0.452 e. The number of hydrogen-bond donors (Lipinski definition) is 0. The van der Waals surface area contributed by atoms with Gasteiger partial charge in [-0.15, -0.1) is 0 Å². The summed E-state index contributed by atoms with van der Waals surface area (Å²) in [6.45, 7) is 3.11. The summed E-state index contributed by atoms with van der Waals surface area (Å²) in [7, 11) is -3.58. The molecule has 0 unspecified atom stereocenters. The number of benzene rings is 1. The number of nitrogens with zero attached hydrogens (tertiary/aromatic N) is 4. The summed E-state index contributed by atoms with van der Waals surface area (Å²) in [5.74, 6) is -0.684. The van der Waals surface area contributed by atoms with Crippen LogP contribution >= 0.6 is 0 Å². The molecule has 1 aliphatic heterocycles. The van der Waals surface area contributed by atoms with Gasteiger partial charge in [-0.3, -0.25) is 4.79 Å². The van der Waals surface area contributed by atoms with Crippen LogP contribution in [0.25, 0.3) is 0 Å². The lowest BCUT2D eigenvalue weighted by Crippen LogP contribution is -2.50. The van der Waals surface area contributed by atoms with E-state index in [1.165, 1.54) is 19.1 Å². The minimum absolute atomic E-state index is 0.0619. The van der Waals surface area contributed by atoms with E-state index in [4.69, 9.17) is 4.74 Å². The summed E-state index contributed by atoms with van der Waals surface area (Å²) in [4.78, 5) is 36.6. The Bertz CT molecular complexity index is 973. The fraction of sp³-hybridized carbons (Fsp3) is 0.368. The maximum atomic E-state index is 12.4. The monoisotopic (exact) mass is 418 g/mol. The Labute approximate surface area is 169 Å². The van der Waals surface area contributed by atoms with E-state index in [9.17, 15) is 18.0 Å². The van der Waals surface area contributed by atoms with Crippen LogP contribution in [0, 0.1) is 0 Å². The van der Waals surface area contributed by atoms with Crippen molar-refractivity contribution >= 4 is 27.7 Å². The number of ether oxygens (including phenoxy) is 1. The number of aromatic nitrogens is 2. The number of rotatable bonds is 6. The number of esters is 1. The van der Waals surface area contributed by atoms with Crippen molar-refractivity contribution in [1.82, 2.24) is 14.9 Å². The lowest BCUT2D eigenvalue weighted by molar-refractivity contribution is -0.134. The average Bonchev–Trinajstić information content (AvgIpc) is 2.78. The SMILES string of the molecule is CCS(=O)(=O)c1ccccc1C(=O)OCC(=O)N1CCN(c2ncccn2)CC1. The maximum Gasteiger partial charge on any atom is 0.339 e. The van der Waals surface area contributed by atoms with Crippen molar-refractivity contribution in [2.45, 2.75) is 11.8 Å². The maximum absolute atomic E-state index is 12.4. The highest BCUT2D eigenvalue weighted by molar-refractivity contribution is 7.91. The second-order valence-corrected chi connectivity index (χ2v) is 8.64. The molecule has 29 heavy (non-hydrogen) atoms.